The number of aromatic carboxylic acids is 2. The van der Waals surface area contributed by atoms with Crippen LogP contribution in [-0.4, -0.2) is 74.0 Å². The lowest BCUT2D eigenvalue weighted by Gasteiger charge is -2.22. The molecule has 0 aliphatic rings. The molecule has 0 spiro atoms. The maximum atomic E-state index is 12.5. The van der Waals surface area contributed by atoms with E-state index < -0.39 is 11.9 Å². The molecule has 1 aromatic carbocycles. The number of carboxylic acid groups (broad SMARTS) is 2. The van der Waals surface area contributed by atoms with Gasteiger partial charge in [0.25, 0.3) is 0 Å². The molecule has 8 heteroatoms. The molecule has 0 radical (unpaired) electrons. The maximum absolute atomic E-state index is 12.5. The fourth-order valence-electron chi connectivity index (χ4n) is 4.67. The van der Waals surface area contributed by atoms with Crippen LogP contribution in [-0.2, 0) is 31.8 Å². The van der Waals surface area contributed by atoms with E-state index in [1.165, 1.54) is 38.2 Å². The zero-order valence-electron chi connectivity index (χ0n) is 25.4. The Morgan fingerprint density at radius 2 is 1.18 bits per heavy atom. The fraction of sp³-hybridized carbons (Fsp3) is 0.750. The van der Waals surface area contributed by atoms with Gasteiger partial charge in [-0.15, -0.1) is 0 Å². The smallest absolute Gasteiger partial charge is 0.336 e. The van der Waals surface area contributed by atoms with Crippen molar-refractivity contribution in [1.82, 2.24) is 0 Å². The molecule has 1 rings (SSSR count). The lowest BCUT2D eigenvalue weighted by Crippen LogP contribution is -2.24. The van der Waals surface area contributed by atoms with Crippen LogP contribution in [0.15, 0.2) is 12.1 Å². The molecule has 40 heavy (non-hydrogen) atoms. The summed E-state index contributed by atoms with van der Waals surface area (Å²) in [7, 11) is 0. The molecule has 2 atom stereocenters. The highest BCUT2D eigenvalue weighted by molar-refractivity contribution is 5.97. The predicted octanol–water partition coefficient (Wildman–Crippen LogP) is 6.95. The second-order valence-corrected chi connectivity index (χ2v) is 10.3. The molecule has 0 amide bonds. The Balaban J connectivity index is 2.84. The van der Waals surface area contributed by atoms with Gasteiger partial charge in [0, 0.05) is 19.6 Å². The molecule has 0 fully saturated rings. The van der Waals surface area contributed by atoms with E-state index >= 15 is 0 Å². The molecular formula is C32H54O8. The van der Waals surface area contributed by atoms with E-state index in [2.05, 4.69) is 13.8 Å². The zero-order valence-corrected chi connectivity index (χ0v) is 25.4. The topological polar surface area (TPSA) is 112 Å². The van der Waals surface area contributed by atoms with E-state index in [1.807, 2.05) is 13.8 Å². The summed E-state index contributed by atoms with van der Waals surface area (Å²) in [6, 6.07) is 3.12. The average molecular weight is 567 g/mol. The Labute approximate surface area is 241 Å². The van der Waals surface area contributed by atoms with Gasteiger partial charge in [-0.05, 0) is 49.3 Å². The van der Waals surface area contributed by atoms with E-state index in [-0.39, 0.29) is 29.8 Å². The minimum Gasteiger partial charge on any atom is -0.478 e. The second-order valence-electron chi connectivity index (χ2n) is 10.3. The summed E-state index contributed by atoms with van der Waals surface area (Å²) in [6.45, 7) is 11.5. The van der Waals surface area contributed by atoms with E-state index in [1.54, 1.807) is 6.07 Å². The molecule has 0 aliphatic carbocycles. The molecule has 1 aromatic rings. The van der Waals surface area contributed by atoms with E-state index in [9.17, 15) is 19.8 Å². The van der Waals surface area contributed by atoms with Crippen molar-refractivity contribution in [1.29, 1.82) is 0 Å². The lowest BCUT2D eigenvalue weighted by molar-refractivity contribution is 0.00205. The Kier molecular flexibility index (Phi) is 20.4. The number of carboxylic acids is 2. The van der Waals surface area contributed by atoms with Gasteiger partial charge in [0.15, 0.2) is 0 Å². The van der Waals surface area contributed by atoms with E-state index in [0.29, 0.717) is 63.4 Å². The minimum atomic E-state index is -1.14. The Morgan fingerprint density at radius 3 is 1.62 bits per heavy atom. The second kappa shape index (κ2) is 22.7. The number of ether oxygens (including phenoxy) is 4. The van der Waals surface area contributed by atoms with Crippen LogP contribution >= 0.6 is 0 Å². The fourth-order valence-corrected chi connectivity index (χ4v) is 4.67. The summed E-state index contributed by atoms with van der Waals surface area (Å²) in [5, 5.41) is 20.0. The monoisotopic (exact) mass is 566 g/mol. The highest BCUT2D eigenvalue weighted by Crippen LogP contribution is 2.25. The first-order valence-corrected chi connectivity index (χ1v) is 15.4. The summed E-state index contributed by atoms with van der Waals surface area (Å²) < 4.78 is 23.3. The summed E-state index contributed by atoms with van der Waals surface area (Å²) in [6.07, 6.45) is 10.6. The molecule has 0 heterocycles. The van der Waals surface area contributed by atoms with E-state index in [0.717, 1.165) is 25.9 Å². The number of unbranched alkanes of at least 4 members (excludes halogenated alkanes) is 6. The van der Waals surface area contributed by atoms with Crippen molar-refractivity contribution < 1.29 is 38.7 Å². The lowest BCUT2D eigenvalue weighted by atomic mass is 9.89. The van der Waals surface area contributed by atoms with Crippen molar-refractivity contribution in [2.24, 2.45) is 0 Å². The molecule has 230 valence electrons. The highest BCUT2D eigenvalue weighted by atomic mass is 16.5. The van der Waals surface area contributed by atoms with Crippen LogP contribution in [0, 0.1) is 0 Å². The van der Waals surface area contributed by atoms with Crippen molar-refractivity contribution in [3.05, 3.63) is 34.4 Å². The van der Waals surface area contributed by atoms with Crippen LogP contribution in [0.1, 0.15) is 124 Å². The molecule has 2 N–H and O–H groups in total. The number of hydrogen-bond donors (Lipinski definition) is 2. The molecule has 0 aromatic heterocycles. The predicted molar refractivity (Wildman–Crippen MR) is 158 cm³/mol. The van der Waals surface area contributed by atoms with Crippen LogP contribution in [0.4, 0.5) is 0 Å². The Bertz CT molecular complexity index is 825. The van der Waals surface area contributed by atoms with Gasteiger partial charge in [-0.25, -0.2) is 9.59 Å². The van der Waals surface area contributed by atoms with Gasteiger partial charge in [-0.1, -0.05) is 72.3 Å². The van der Waals surface area contributed by atoms with Gasteiger partial charge in [-0.3, -0.25) is 0 Å². The number of benzene rings is 1. The van der Waals surface area contributed by atoms with Crippen LogP contribution in [0.3, 0.4) is 0 Å². The largest absolute Gasteiger partial charge is 0.478 e. The number of rotatable bonds is 26. The minimum absolute atomic E-state index is 0.000754. The van der Waals surface area contributed by atoms with Gasteiger partial charge in [0.2, 0.25) is 0 Å². The van der Waals surface area contributed by atoms with Gasteiger partial charge in [0.1, 0.15) is 0 Å². The quantitative estimate of drug-likeness (QED) is 0.116. The SMILES string of the molecule is CCCCCCOCCOC(CC)Cc1ccc(C(=O)O)c(CC(CC)OCCOCCCCCC)c1C(=O)O. The Hall–Kier alpha value is -2.00. The first kappa shape index (κ1) is 36.0. The van der Waals surface area contributed by atoms with Gasteiger partial charge in [-0.2, -0.15) is 0 Å². The standard InChI is InChI=1S/C32H54O8/c1-5-9-11-13-17-37-19-21-39-26(7-3)23-25-15-16-28(31(33)34)29(30(25)32(35)36)24-27(8-4)40-22-20-38-18-14-12-10-6-2/h15-16,26-27H,5-14,17-24H2,1-4H3,(H,33,34)(H,35,36). The first-order valence-electron chi connectivity index (χ1n) is 15.4. The Morgan fingerprint density at radius 1 is 0.650 bits per heavy atom. The molecule has 0 bridgehead atoms. The third kappa shape index (κ3) is 14.6. The van der Waals surface area contributed by atoms with Crippen molar-refractivity contribution in [3.8, 4) is 0 Å². The summed E-state index contributed by atoms with van der Waals surface area (Å²) in [5.74, 6) is -2.28. The van der Waals surface area contributed by atoms with Crippen molar-refractivity contribution in [2.45, 2.75) is 117 Å². The third-order valence-electron chi connectivity index (χ3n) is 7.08. The number of carbonyl (C=O) groups is 2. The summed E-state index contributed by atoms with van der Waals surface area (Å²) >= 11 is 0. The van der Waals surface area contributed by atoms with Gasteiger partial charge >= 0.3 is 11.9 Å². The van der Waals surface area contributed by atoms with Crippen LogP contribution in [0.25, 0.3) is 0 Å². The molecule has 0 saturated carbocycles. The first-order chi connectivity index (χ1) is 19.4. The summed E-state index contributed by atoms with van der Waals surface area (Å²) in [4.78, 5) is 24.5. The van der Waals surface area contributed by atoms with Crippen LogP contribution in [0.5, 0.6) is 0 Å². The van der Waals surface area contributed by atoms with Crippen molar-refractivity contribution >= 4 is 11.9 Å². The van der Waals surface area contributed by atoms with E-state index in [4.69, 9.17) is 18.9 Å². The molecule has 8 nitrogen and oxygen atoms in total. The molecular weight excluding hydrogens is 512 g/mol. The third-order valence-corrected chi connectivity index (χ3v) is 7.08. The zero-order chi connectivity index (χ0) is 29.6. The number of hydrogen-bond acceptors (Lipinski definition) is 6. The normalized spacial score (nSPS) is 12.9. The molecule has 0 saturated heterocycles. The van der Waals surface area contributed by atoms with Crippen LogP contribution < -0.4 is 0 Å². The molecule has 0 aliphatic heterocycles. The average Bonchev–Trinajstić information content (AvgIpc) is 2.94. The molecule has 2 unspecified atom stereocenters. The maximum Gasteiger partial charge on any atom is 0.336 e. The van der Waals surface area contributed by atoms with Crippen LogP contribution in [0.2, 0.25) is 0 Å². The van der Waals surface area contributed by atoms with Crippen molar-refractivity contribution in [3.63, 3.8) is 0 Å². The van der Waals surface area contributed by atoms with Crippen molar-refractivity contribution in [2.75, 3.05) is 39.6 Å². The summed E-state index contributed by atoms with van der Waals surface area (Å²) in [5.41, 5.74) is 0.921. The van der Waals surface area contributed by atoms with Gasteiger partial charge in [0.05, 0.1) is 49.8 Å². The highest BCUT2D eigenvalue weighted by Gasteiger charge is 2.26. The van der Waals surface area contributed by atoms with Gasteiger partial charge < -0.3 is 29.2 Å².